The fourth-order valence-electron chi connectivity index (χ4n) is 0.746. The van der Waals surface area contributed by atoms with Gasteiger partial charge in [0.1, 0.15) is 0 Å². The SMILES string of the molecule is O=Cc1cc(CO)c(C=O)o1. The Kier molecular flexibility index (Phi) is 2.18. The molecule has 0 spiro atoms. The minimum absolute atomic E-state index is 0.00889. The summed E-state index contributed by atoms with van der Waals surface area (Å²) < 4.78 is 4.71. The molecule has 4 heteroatoms. The number of aliphatic hydroxyl groups excluding tert-OH is 1. The Balaban J connectivity index is 3.11. The summed E-state index contributed by atoms with van der Waals surface area (Å²) in [6.45, 7) is -0.300. The monoisotopic (exact) mass is 154 g/mol. The summed E-state index contributed by atoms with van der Waals surface area (Å²) in [6, 6.07) is 1.33. The molecule has 0 radical (unpaired) electrons. The van der Waals surface area contributed by atoms with Crippen LogP contribution in [0.3, 0.4) is 0 Å². The molecule has 0 atom stereocenters. The van der Waals surface area contributed by atoms with E-state index in [2.05, 4.69) is 0 Å². The van der Waals surface area contributed by atoms with E-state index < -0.39 is 0 Å². The fourth-order valence-corrected chi connectivity index (χ4v) is 0.746. The number of carbonyl (C=O) groups is 2. The average Bonchev–Trinajstić information content (AvgIpc) is 2.46. The molecule has 0 fully saturated rings. The van der Waals surface area contributed by atoms with E-state index in [1.54, 1.807) is 0 Å². The van der Waals surface area contributed by atoms with Gasteiger partial charge in [-0.1, -0.05) is 0 Å². The summed E-state index contributed by atoms with van der Waals surface area (Å²) in [5, 5.41) is 8.62. The van der Waals surface area contributed by atoms with Crippen molar-refractivity contribution in [3.8, 4) is 0 Å². The summed E-state index contributed by atoms with van der Waals surface area (Å²) in [6.07, 6.45) is 0.935. The lowest BCUT2D eigenvalue weighted by atomic mass is 10.2. The average molecular weight is 154 g/mol. The first-order valence-corrected chi connectivity index (χ1v) is 2.95. The summed E-state index contributed by atoms with van der Waals surface area (Å²) in [5.41, 5.74) is 0.335. The lowest BCUT2D eigenvalue weighted by Crippen LogP contribution is -1.84. The van der Waals surface area contributed by atoms with Gasteiger partial charge in [0.15, 0.2) is 24.1 Å². The molecule has 11 heavy (non-hydrogen) atoms. The fraction of sp³-hybridized carbons (Fsp3) is 0.143. The summed E-state index contributed by atoms with van der Waals surface area (Å²) in [4.78, 5) is 20.3. The van der Waals surface area contributed by atoms with Gasteiger partial charge in [-0.25, -0.2) is 0 Å². The molecule has 1 aromatic heterocycles. The highest BCUT2D eigenvalue weighted by Crippen LogP contribution is 2.11. The molecule has 0 saturated carbocycles. The minimum Gasteiger partial charge on any atom is -0.450 e. The van der Waals surface area contributed by atoms with E-state index in [0.29, 0.717) is 18.1 Å². The molecule has 0 saturated heterocycles. The molecule has 0 aliphatic rings. The van der Waals surface area contributed by atoms with Crippen LogP contribution in [-0.2, 0) is 6.61 Å². The van der Waals surface area contributed by atoms with Gasteiger partial charge in [-0.2, -0.15) is 0 Å². The normalized spacial score (nSPS) is 9.55. The number of aliphatic hydroxyl groups is 1. The maximum absolute atomic E-state index is 10.2. The van der Waals surface area contributed by atoms with E-state index in [-0.39, 0.29) is 18.1 Å². The first-order chi connectivity index (χ1) is 5.31. The predicted molar refractivity (Wildman–Crippen MR) is 35.4 cm³/mol. The summed E-state index contributed by atoms with van der Waals surface area (Å²) in [5.74, 6) is 0.0609. The van der Waals surface area contributed by atoms with Crippen LogP contribution in [-0.4, -0.2) is 17.7 Å². The largest absolute Gasteiger partial charge is 0.450 e. The molecule has 0 bridgehead atoms. The number of hydrogen-bond donors (Lipinski definition) is 1. The molecule has 1 aromatic rings. The third-order valence-corrected chi connectivity index (χ3v) is 1.25. The van der Waals surface area contributed by atoms with Crippen LogP contribution >= 0.6 is 0 Å². The van der Waals surface area contributed by atoms with Gasteiger partial charge < -0.3 is 9.52 Å². The van der Waals surface area contributed by atoms with Crippen LogP contribution in [0.15, 0.2) is 10.5 Å². The van der Waals surface area contributed by atoms with Crippen molar-refractivity contribution in [1.29, 1.82) is 0 Å². The van der Waals surface area contributed by atoms with Crippen molar-refractivity contribution >= 4 is 12.6 Å². The third-order valence-electron chi connectivity index (χ3n) is 1.25. The second-order valence-corrected chi connectivity index (χ2v) is 1.93. The lowest BCUT2D eigenvalue weighted by molar-refractivity contribution is 0.107. The Morgan fingerprint density at radius 3 is 2.55 bits per heavy atom. The van der Waals surface area contributed by atoms with Gasteiger partial charge in [-0.3, -0.25) is 9.59 Å². The minimum atomic E-state index is -0.300. The maximum atomic E-state index is 10.2. The first kappa shape index (κ1) is 7.68. The van der Waals surface area contributed by atoms with Crippen molar-refractivity contribution in [1.82, 2.24) is 0 Å². The van der Waals surface area contributed by atoms with Gasteiger partial charge in [0.2, 0.25) is 0 Å². The second kappa shape index (κ2) is 3.12. The number of rotatable bonds is 3. The molecule has 4 nitrogen and oxygen atoms in total. The number of furan rings is 1. The van der Waals surface area contributed by atoms with Crippen LogP contribution in [0.2, 0.25) is 0 Å². The maximum Gasteiger partial charge on any atom is 0.185 e. The molecule has 1 heterocycles. The highest BCUT2D eigenvalue weighted by molar-refractivity contribution is 5.78. The molecule has 1 rings (SSSR count). The number of carbonyl (C=O) groups excluding carboxylic acids is 2. The standard InChI is InChI=1S/C7H6O4/c8-2-5-1-6(3-9)11-7(5)4-10/h1,3-4,8H,2H2. The summed E-state index contributed by atoms with van der Waals surface area (Å²) >= 11 is 0. The van der Waals surface area contributed by atoms with E-state index in [4.69, 9.17) is 9.52 Å². The van der Waals surface area contributed by atoms with E-state index in [0.717, 1.165) is 0 Å². The lowest BCUT2D eigenvalue weighted by Gasteiger charge is -1.85. The van der Waals surface area contributed by atoms with E-state index in [9.17, 15) is 9.59 Å². The van der Waals surface area contributed by atoms with Gasteiger partial charge in [0.05, 0.1) is 6.61 Å². The Labute approximate surface area is 62.4 Å². The zero-order valence-electron chi connectivity index (χ0n) is 5.61. The van der Waals surface area contributed by atoms with Crippen molar-refractivity contribution < 1.29 is 19.1 Å². The highest BCUT2D eigenvalue weighted by atomic mass is 16.4. The van der Waals surface area contributed by atoms with Crippen molar-refractivity contribution in [3.05, 3.63) is 23.2 Å². The first-order valence-electron chi connectivity index (χ1n) is 2.95. The van der Waals surface area contributed by atoms with Crippen molar-refractivity contribution in [3.63, 3.8) is 0 Å². The van der Waals surface area contributed by atoms with Crippen LogP contribution in [0.1, 0.15) is 26.7 Å². The van der Waals surface area contributed by atoms with Crippen LogP contribution in [0.4, 0.5) is 0 Å². The quantitative estimate of drug-likeness (QED) is 0.639. The Bertz CT molecular complexity index is 274. The van der Waals surface area contributed by atoms with Crippen LogP contribution < -0.4 is 0 Å². The van der Waals surface area contributed by atoms with Crippen LogP contribution in [0.5, 0.6) is 0 Å². The molecular formula is C7H6O4. The Morgan fingerprint density at radius 2 is 2.18 bits per heavy atom. The predicted octanol–water partition coefficient (Wildman–Crippen LogP) is 0.397. The number of aldehydes is 2. The molecule has 0 aliphatic heterocycles. The molecule has 0 aromatic carbocycles. The van der Waals surface area contributed by atoms with Crippen LogP contribution in [0, 0.1) is 0 Å². The molecule has 1 N–H and O–H groups in total. The summed E-state index contributed by atoms with van der Waals surface area (Å²) in [7, 11) is 0. The second-order valence-electron chi connectivity index (χ2n) is 1.93. The molecule has 0 unspecified atom stereocenters. The third kappa shape index (κ3) is 1.35. The van der Waals surface area contributed by atoms with Gasteiger partial charge in [-0.15, -0.1) is 0 Å². The number of hydrogen-bond acceptors (Lipinski definition) is 4. The van der Waals surface area contributed by atoms with Gasteiger partial charge in [0, 0.05) is 5.56 Å². The van der Waals surface area contributed by atoms with Crippen molar-refractivity contribution in [2.75, 3.05) is 0 Å². The molecular weight excluding hydrogens is 148 g/mol. The van der Waals surface area contributed by atoms with Gasteiger partial charge in [-0.05, 0) is 6.07 Å². The highest BCUT2D eigenvalue weighted by Gasteiger charge is 2.07. The Hall–Kier alpha value is -1.42. The zero-order valence-corrected chi connectivity index (χ0v) is 5.61. The van der Waals surface area contributed by atoms with E-state index in [1.807, 2.05) is 0 Å². The van der Waals surface area contributed by atoms with Crippen molar-refractivity contribution in [2.45, 2.75) is 6.61 Å². The van der Waals surface area contributed by atoms with E-state index >= 15 is 0 Å². The van der Waals surface area contributed by atoms with Gasteiger partial charge >= 0.3 is 0 Å². The topological polar surface area (TPSA) is 67.5 Å². The molecule has 0 amide bonds. The Morgan fingerprint density at radius 1 is 1.45 bits per heavy atom. The smallest absolute Gasteiger partial charge is 0.185 e. The van der Waals surface area contributed by atoms with Crippen molar-refractivity contribution in [2.24, 2.45) is 0 Å². The molecule has 0 aliphatic carbocycles. The molecule has 58 valence electrons. The van der Waals surface area contributed by atoms with Crippen LogP contribution in [0.25, 0.3) is 0 Å². The van der Waals surface area contributed by atoms with Gasteiger partial charge in [0.25, 0.3) is 0 Å². The van der Waals surface area contributed by atoms with E-state index in [1.165, 1.54) is 6.07 Å². The zero-order chi connectivity index (χ0) is 8.27.